The van der Waals surface area contributed by atoms with Gasteiger partial charge < -0.3 is 10.2 Å². The first kappa shape index (κ1) is 15.2. The maximum Gasteiger partial charge on any atom is 0.243 e. The second kappa shape index (κ2) is 7.44. The molecule has 0 aliphatic rings. The number of nitrogens with zero attached hydrogens (tertiary/aromatic N) is 1. The van der Waals surface area contributed by atoms with Crippen LogP contribution in [0.2, 0.25) is 0 Å². The van der Waals surface area contributed by atoms with Crippen molar-refractivity contribution < 1.29 is 4.79 Å². The number of hydrogen-bond donors (Lipinski definition) is 1. The van der Waals surface area contributed by atoms with E-state index in [1.807, 2.05) is 6.92 Å². The molecule has 0 saturated heterocycles. The van der Waals surface area contributed by atoms with Gasteiger partial charge in [-0.05, 0) is 31.5 Å². The Bertz CT molecular complexity index is 230. The molecule has 0 heterocycles. The van der Waals surface area contributed by atoms with Crippen LogP contribution in [0.25, 0.3) is 0 Å². The highest BCUT2D eigenvalue weighted by Gasteiger charge is 2.20. The van der Waals surface area contributed by atoms with Crippen molar-refractivity contribution in [1.29, 1.82) is 0 Å². The Morgan fingerprint density at radius 1 is 1.31 bits per heavy atom. The minimum Gasteiger partial charge on any atom is -0.352 e. The summed E-state index contributed by atoms with van der Waals surface area (Å²) < 4.78 is 0. The Labute approximate surface area is 99.9 Å². The molecule has 0 atom stereocenters. The molecule has 0 unspecified atom stereocenters. The first-order chi connectivity index (χ1) is 7.45. The van der Waals surface area contributed by atoms with Crippen LogP contribution < -0.4 is 5.32 Å². The fraction of sp³-hybridized carbons (Fsp3) is 0.769. The van der Waals surface area contributed by atoms with Gasteiger partial charge in [0.05, 0.1) is 0 Å². The molecule has 3 heteroatoms. The lowest BCUT2D eigenvalue weighted by atomic mass is 9.92. The third-order valence-electron chi connectivity index (χ3n) is 2.61. The number of carbonyl (C=O) groups is 1. The Morgan fingerprint density at radius 2 is 1.88 bits per heavy atom. The van der Waals surface area contributed by atoms with E-state index < -0.39 is 0 Å². The lowest BCUT2D eigenvalue weighted by Gasteiger charge is -2.31. The van der Waals surface area contributed by atoms with Crippen LogP contribution in [-0.4, -0.2) is 37.0 Å². The number of amides is 1. The van der Waals surface area contributed by atoms with Crippen LogP contribution in [0.1, 0.15) is 34.6 Å². The minimum atomic E-state index is -0.00452. The van der Waals surface area contributed by atoms with Crippen molar-refractivity contribution in [2.75, 3.05) is 26.2 Å². The summed E-state index contributed by atoms with van der Waals surface area (Å²) in [7, 11) is 0. The van der Waals surface area contributed by atoms with Crippen molar-refractivity contribution in [1.82, 2.24) is 10.2 Å². The molecule has 0 fully saturated rings. The summed E-state index contributed by atoms with van der Waals surface area (Å²) >= 11 is 0. The minimum absolute atomic E-state index is 0.00452. The van der Waals surface area contributed by atoms with Gasteiger partial charge in [0.15, 0.2) is 0 Å². The van der Waals surface area contributed by atoms with Gasteiger partial charge in [-0.2, -0.15) is 0 Å². The lowest BCUT2D eigenvalue weighted by molar-refractivity contribution is -0.117. The SMILES string of the molecule is CC=CC(=O)NCC(C)(C)CN(CC)CC. The van der Waals surface area contributed by atoms with Crippen LogP contribution in [0, 0.1) is 5.41 Å². The number of carbonyl (C=O) groups excluding carboxylic acids is 1. The van der Waals surface area contributed by atoms with Crippen molar-refractivity contribution in [2.45, 2.75) is 34.6 Å². The average Bonchev–Trinajstić information content (AvgIpc) is 2.24. The molecule has 0 saturated carbocycles. The van der Waals surface area contributed by atoms with Gasteiger partial charge in [0.2, 0.25) is 5.91 Å². The molecule has 16 heavy (non-hydrogen) atoms. The molecular formula is C13H26N2O. The van der Waals surface area contributed by atoms with E-state index in [9.17, 15) is 4.79 Å². The molecular weight excluding hydrogens is 200 g/mol. The summed E-state index contributed by atoms with van der Waals surface area (Å²) in [4.78, 5) is 13.7. The third-order valence-corrected chi connectivity index (χ3v) is 2.61. The molecule has 0 aromatic heterocycles. The van der Waals surface area contributed by atoms with Gasteiger partial charge in [0.1, 0.15) is 0 Å². The maximum absolute atomic E-state index is 11.3. The highest BCUT2D eigenvalue weighted by molar-refractivity contribution is 5.87. The Morgan fingerprint density at radius 3 is 2.31 bits per heavy atom. The summed E-state index contributed by atoms with van der Waals surface area (Å²) in [6.45, 7) is 14.4. The summed E-state index contributed by atoms with van der Waals surface area (Å²) in [5.74, 6) is -0.00452. The number of allylic oxidation sites excluding steroid dienone is 1. The quantitative estimate of drug-likeness (QED) is 0.674. The Balaban J connectivity index is 4.08. The van der Waals surface area contributed by atoms with Crippen molar-refractivity contribution in [3.63, 3.8) is 0 Å². The largest absolute Gasteiger partial charge is 0.352 e. The van der Waals surface area contributed by atoms with Crippen LogP contribution in [0.3, 0.4) is 0 Å². The van der Waals surface area contributed by atoms with Gasteiger partial charge in [-0.15, -0.1) is 0 Å². The van der Waals surface area contributed by atoms with Gasteiger partial charge in [-0.1, -0.05) is 33.8 Å². The summed E-state index contributed by atoms with van der Waals surface area (Å²) in [6, 6.07) is 0. The fourth-order valence-corrected chi connectivity index (χ4v) is 1.65. The monoisotopic (exact) mass is 226 g/mol. The number of hydrogen-bond acceptors (Lipinski definition) is 2. The summed E-state index contributed by atoms with van der Waals surface area (Å²) in [6.07, 6.45) is 3.32. The first-order valence-electron chi connectivity index (χ1n) is 6.08. The van der Waals surface area contributed by atoms with Gasteiger partial charge in [0.25, 0.3) is 0 Å². The molecule has 0 aliphatic carbocycles. The molecule has 0 aromatic rings. The lowest BCUT2D eigenvalue weighted by Crippen LogP contribution is -2.41. The van der Waals surface area contributed by atoms with Crippen LogP contribution in [0.4, 0.5) is 0 Å². The highest BCUT2D eigenvalue weighted by atomic mass is 16.1. The second-order valence-electron chi connectivity index (χ2n) is 4.84. The second-order valence-corrected chi connectivity index (χ2v) is 4.84. The van der Waals surface area contributed by atoms with E-state index in [1.165, 1.54) is 0 Å². The van der Waals surface area contributed by atoms with Crippen LogP contribution in [0.5, 0.6) is 0 Å². The van der Waals surface area contributed by atoms with E-state index in [0.717, 1.165) is 19.6 Å². The topological polar surface area (TPSA) is 32.3 Å². The van der Waals surface area contributed by atoms with Crippen LogP contribution in [-0.2, 0) is 4.79 Å². The standard InChI is InChI=1S/C13H26N2O/c1-6-9-12(16)14-10-13(4,5)11-15(7-2)8-3/h6,9H,7-8,10-11H2,1-5H3,(H,14,16). The molecule has 1 N–H and O–H groups in total. The van der Waals surface area contributed by atoms with Gasteiger partial charge in [-0.25, -0.2) is 0 Å². The van der Waals surface area contributed by atoms with E-state index in [4.69, 9.17) is 0 Å². The van der Waals surface area contributed by atoms with Crippen molar-refractivity contribution >= 4 is 5.91 Å². The van der Waals surface area contributed by atoms with E-state index in [2.05, 4.69) is 37.9 Å². The van der Waals surface area contributed by atoms with E-state index in [1.54, 1.807) is 12.2 Å². The Hall–Kier alpha value is -0.830. The summed E-state index contributed by atoms with van der Waals surface area (Å²) in [5.41, 5.74) is 0.114. The molecule has 1 amide bonds. The third kappa shape index (κ3) is 6.62. The first-order valence-corrected chi connectivity index (χ1v) is 6.08. The molecule has 0 aliphatic heterocycles. The maximum atomic E-state index is 11.3. The van der Waals surface area contributed by atoms with Crippen LogP contribution >= 0.6 is 0 Å². The van der Waals surface area contributed by atoms with E-state index in [0.29, 0.717) is 6.54 Å². The normalized spacial score (nSPS) is 12.4. The average molecular weight is 226 g/mol. The van der Waals surface area contributed by atoms with Crippen molar-refractivity contribution in [2.24, 2.45) is 5.41 Å². The molecule has 94 valence electrons. The number of rotatable bonds is 7. The fourth-order valence-electron chi connectivity index (χ4n) is 1.65. The van der Waals surface area contributed by atoms with E-state index >= 15 is 0 Å². The van der Waals surface area contributed by atoms with Crippen LogP contribution in [0.15, 0.2) is 12.2 Å². The van der Waals surface area contributed by atoms with Gasteiger partial charge in [-0.3, -0.25) is 4.79 Å². The zero-order valence-corrected chi connectivity index (χ0v) is 11.3. The Kier molecular flexibility index (Phi) is 7.06. The summed E-state index contributed by atoms with van der Waals surface area (Å²) in [5, 5.41) is 2.92. The van der Waals surface area contributed by atoms with Crippen molar-refractivity contribution in [3.8, 4) is 0 Å². The van der Waals surface area contributed by atoms with E-state index in [-0.39, 0.29) is 11.3 Å². The zero-order valence-electron chi connectivity index (χ0n) is 11.3. The van der Waals surface area contributed by atoms with Gasteiger partial charge >= 0.3 is 0 Å². The predicted octanol–water partition coefficient (Wildman–Crippen LogP) is 2.05. The van der Waals surface area contributed by atoms with Crippen molar-refractivity contribution in [3.05, 3.63) is 12.2 Å². The molecule has 0 aromatic carbocycles. The van der Waals surface area contributed by atoms with Gasteiger partial charge in [0, 0.05) is 13.1 Å². The molecule has 3 nitrogen and oxygen atoms in total. The molecule has 0 bridgehead atoms. The molecule has 0 radical (unpaired) electrons. The number of nitrogens with one attached hydrogen (secondary N) is 1. The smallest absolute Gasteiger partial charge is 0.243 e. The molecule has 0 rings (SSSR count). The molecule has 0 spiro atoms. The predicted molar refractivity (Wildman–Crippen MR) is 69.4 cm³/mol. The highest BCUT2D eigenvalue weighted by Crippen LogP contribution is 2.15. The zero-order chi connectivity index (χ0) is 12.6.